The number of hydrogen-bond donors (Lipinski definition) is 1. The predicted octanol–water partition coefficient (Wildman–Crippen LogP) is 3.20. The first-order valence-electron chi connectivity index (χ1n) is 4.86. The van der Waals surface area contributed by atoms with Gasteiger partial charge in [-0.15, -0.1) is 0 Å². The van der Waals surface area contributed by atoms with Gasteiger partial charge in [0.25, 0.3) is 0 Å². The average Bonchev–Trinajstić information content (AvgIpc) is 2.16. The van der Waals surface area contributed by atoms with Gasteiger partial charge in [-0.1, -0.05) is 42.0 Å². The molecule has 1 atom stereocenters. The van der Waals surface area contributed by atoms with Crippen molar-refractivity contribution in [3.8, 4) is 0 Å². The van der Waals surface area contributed by atoms with E-state index >= 15 is 0 Å². The number of aryl methyl sites for hydroxylation is 1. The van der Waals surface area contributed by atoms with Gasteiger partial charge in [0.1, 0.15) is 0 Å². The molecule has 0 saturated heterocycles. The van der Waals surface area contributed by atoms with E-state index in [1.807, 2.05) is 18.2 Å². The van der Waals surface area contributed by atoms with Crippen molar-refractivity contribution in [3.63, 3.8) is 0 Å². The number of rotatable bonds is 1. The molecule has 0 fully saturated rings. The smallest absolute Gasteiger partial charge is 0.0768 e. The van der Waals surface area contributed by atoms with Crippen molar-refractivity contribution in [2.24, 2.45) is 0 Å². The molecular formula is C13H14O. The average molecular weight is 186 g/mol. The zero-order valence-corrected chi connectivity index (χ0v) is 8.49. The molecule has 2 aromatic rings. The van der Waals surface area contributed by atoms with Crippen LogP contribution in [0.3, 0.4) is 0 Å². The van der Waals surface area contributed by atoms with E-state index in [9.17, 15) is 5.11 Å². The Morgan fingerprint density at radius 1 is 1.14 bits per heavy atom. The van der Waals surface area contributed by atoms with E-state index in [4.69, 9.17) is 0 Å². The number of hydrogen-bond acceptors (Lipinski definition) is 1. The predicted molar refractivity (Wildman–Crippen MR) is 59.3 cm³/mol. The van der Waals surface area contributed by atoms with E-state index in [1.54, 1.807) is 6.92 Å². The minimum atomic E-state index is -0.403. The van der Waals surface area contributed by atoms with Gasteiger partial charge in [0.15, 0.2) is 0 Å². The molecule has 0 saturated carbocycles. The summed E-state index contributed by atoms with van der Waals surface area (Å²) in [7, 11) is 0. The molecule has 0 radical (unpaired) electrons. The molecule has 2 aromatic carbocycles. The summed E-state index contributed by atoms with van der Waals surface area (Å²) in [6.45, 7) is 3.86. The summed E-state index contributed by atoms with van der Waals surface area (Å²) < 4.78 is 0. The van der Waals surface area contributed by atoms with Gasteiger partial charge in [-0.3, -0.25) is 0 Å². The monoisotopic (exact) mass is 186 g/mol. The van der Waals surface area contributed by atoms with Gasteiger partial charge in [0.05, 0.1) is 6.10 Å². The summed E-state index contributed by atoms with van der Waals surface area (Å²) in [5, 5.41) is 12.0. The van der Waals surface area contributed by atoms with Gasteiger partial charge in [-0.2, -0.15) is 0 Å². The summed E-state index contributed by atoms with van der Waals surface area (Å²) in [5.74, 6) is 0. The lowest BCUT2D eigenvalue weighted by atomic mass is 9.98. The van der Waals surface area contributed by atoms with Gasteiger partial charge in [0.2, 0.25) is 0 Å². The topological polar surface area (TPSA) is 20.2 Å². The quantitative estimate of drug-likeness (QED) is 0.725. The van der Waals surface area contributed by atoms with Crippen LogP contribution >= 0.6 is 0 Å². The lowest BCUT2D eigenvalue weighted by Gasteiger charge is -2.10. The Morgan fingerprint density at radius 2 is 1.86 bits per heavy atom. The van der Waals surface area contributed by atoms with Crippen LogP contribution in [0.5, 0.6) is 0 Å². The molecule has 0 aliphatic rings. The van der Waals surface area contributed by atoms with Gasteiger partial charge >= 0.3 is 0 Å². The third-order valence-electron chi connectivity index (χ3n) is 2.49. The SMILES string of the molecule is Cc1cc(C(C)O)c2ccccc2c1. The maximum absolute atomic E-state index is 9.65. The van der Waals surface area contributed by atoms with Crippen LogP contribution in [0.2, 0.25) is 0 Å². The van der Waals surface area contributed by atoms with Crippen LogP contribution in [-0.4, -0.2) is 5.11 Å². The van der Waals surface area contributed by atoms with E-state index in [-0.39, 0.29) is 0 Å². The second kappa shape index (κ2) is 3.43. The molecule has 0 spiro atoms. The van der Waals surface area contributed by atoms with Crippen LogP contribution in [-0.2, 0) is 0 Å². The van der Waals surface area contributed by atoms with Crippen molar-refractivity contribution in [3.05, 3.63) is 47.5 Å². The standard InChI is InChI=1S/C13H14O/c1-9-7-11-5-3-4-6-12(11)13(8-9)10(2)14/h3-8,10,14H,1-2H3. The molecule has 0 aliphatic carbocycles. The fourth-order valence-electron chi connectivity index (χ4n) is 1.84. The van der Waals surface area contributed by atoms with Gasteiger partial charge < -0.3 is 5.11 Å². The first-order valence-corrected chi connectivity index (χ1v) is 4.86. The zero-order valence-electron chi connectivity index (χ0n) is 8.49. The van der Waals surface area contributed by atoms with Crippen molar-refractivity contribution in [1.29, 1.82) is 0 Å². The second-order valence-electron chi connectivity index (χ2n) is 3.75. The van der Waals surface area contributed by atoms with E-state index in [0.29, 0.717) is 0 Å². The van der Waals surface area contributed by atoms with Crippen LogP contribution in [0, 0.1) is 6.92 Å². The van der Waals surface area contributed by atoms with Gasteiger partial charge in [0, 0.05) is 0 Å². The number of benzene rings is 2. The zero-order chi connectivity index (χ0) is 10.1. The molecule has 0 heterocycles. The number of aliphatic hydroxyl groups is 1. The summed E-state index contributed by atoms with van der Waals surface area (Å²) in [5.41, 5.74) is 2.21. The Bertz CT molecular complexity index is 458. The highest BCUT2D eigenvalue weighted by atomic mass is 16.3. The molecule has 14 heavy (non-hydrogen) atoms. The fraction of sp³-hybridized carbons (Fsp3) is 0.231. The molecule has 1 N–H and O–H groups in total. The van der Waals surface area contributed by atoms with Crippen LogP contribution < -0.4 is 0 Å². The van der Waals surface area contributed by atoms with Crippen LogP contribution in [0.15, 0.2) is 36.4 Å². The number of fused-ring (bicyclic) bond motifs is 1. The fourth-order valence-corrected chi connectivity index (χ4v) is 1.84. The Hall–Kier alpha value is -1.34. The third-order valence-corrected chi connectivity index (χ3v) is 2.49. The molecule has 0 bridgehead atoms. The van der Waals surface area contributed by atoms with Crippen molar-refractivity contribution in [2.45, 2.75) is 20.0 Å². The summed E-state index contributed by atoms with van der Waals surface area (Å²) in [4.78, 5) is 0. The molecule has 0 amide bonds. The first kappa shape index (κ1) is 9.22. The lowest BCUT2D eigenvalue weighted by Crippen LogP contribution is -1.93. The minimum absolute atomic E-state index is 0.403. The normalized spacial score (nSPS) is 13.1. The van der Waals surface area contributed by atoms with E-state index in [0.717, 1.165) is 10.9 Å². The minimum Gasteiger partial charge on any atom is -0.389 e. The molecule has 1 nitrogen and oxygen atoms in total. The van der Waals surface area contributed by atoms with Crippen molar-refractivity contribution in [1.82, 2.24) is 0 Å². The van der Waals surface area contributed by atoms with Crippen LogP contribution in [0.1, 0.15) is 24.2 Å². The molecule has 0 aliphatic heterocycles. The molecule has 1 heteroatoms. The summed E-state index contributed by atoms with van der Waals surface area (Å²) in [6.07, 6.45) is -0.403. The largest absolute Gasteiger partial charge is 0.389 e. The second-order valence-corrected chi connectivity index (χ2v) is 3.75. The summed E-state index contributed by atoms with van der Waals surface area (Å²) in [6, 6.07) is 12.3. The lowest BCUT2D eigenvalue weighted by molar-refractivity contribution is 0.201. The highest BCUT2D eigenvalue weighted by Gasteiger charge is 2.06. The maximum Gasteiger partial charge on any atom is 0.0768 e. The number of aliphatic hydroxyl groups excluding tert-OH is 1. The molecule has 0 aromatic heterocycles. The first-order chi connectivity index (χ1) is 6.68. The van der Waals surface area contributed by atoms with Crippen molar-refractivity contribution in [2.75, 3.05) is 0 Å². The molecule has 1 unspecified atom stereocenters. The molecular weight excluding hydrogens is 172 g/mol. The highest BCUT2D eigenvalue weighted by molar-refractivity contribution is 5.86. The van der Waals surface area contributed by atoms with E-state index in [2.05, 4.69) is 25.1 Å². The third kappa shape index (κ3) is 1.51. The van der Waals surface area contributed by atoms with E-state index in [1.165, 1.54) is 10.9 Å². The highest BCUT2D eigenvalue weighted by Crippen LogP contribution is 2.25. The van der Waals surface area contributed by atoms with Gasteiger partial charge in [-0.25, -0.2) is 0 Å². The van der Waals surface area contributed by atoms with E-state index < -0.39 is 6.10 Å². The maximum atomic E-state index is 9.65. The van der Waals surface area contributed by atoms with Crippen molar-refractivity contribution >= 4 is 10.8 Å². The Morgan fingerprint density at radius 3 is 2.57 bits per heavy atom. The molecule has 2 rings (SSSR count). The van der Waals surface area contributed by atoms with Crippen LogP contribution in [0.25, 0.3) is 10.8 Å². The Kier molecular flexibility index (Phi) is 2.26. The Labute approximate surface area is 84.0 Å². The summed E-state index contributed by atoms with van der Waals surface area (Å²) >= 11 is 0. The van der Waals surface area contributed by atoms with Crippen molar-refractivity contribution < 1.29 is 5.11 Å². The van der Waals surface area contributed by atoms with Crippen LogP contribution in [0.4, 0.5) is 0 Å². The van der Waals surface area contributed by atoms with Gasteiger partial charge in [-0.05, 0) is 30.2 Å². The molecule has 72 valence electrons. The Balaban J connectivity index is 2.80.